The number of benzene rings is 1. The largest absolute Gasteiger partial charge is 0.341 e. The highest BCUT2D eigenvalue weighted by atomic mass is 16.2. The predicted molar refractivity (Wildman–Crippen MR) is 112 cm³/mol. The summed E-state index contributed by atoms with van der Waals surface area (Å²) in [6, 6.07) is 7.62. The van der Waals surface area contributed by atoms with Gasteiger partial charge < -0.3 is 14.4 Å². The Morgan fingerprint density at radius 1 is 0.966 bits per heavy atom. The maximum atomic E-state index is 13.1. The topological polar surface area (TPSA) is 62.6 Å². The Hall–Kier alpha value is -2.63. The molecule has 154 valence electrons. The molecular formula is C23H29N3O3. The Bertz CT molecular complexity index is 927. The summed E-state index contributed by atoms with van der Waals surface area (Å²) < 4.78 is 1.83. The second-order valence-electron chi connectivity index (χ2n) is 8.30. The highest BCUT2D eigenvalue weighted by Gasteiger charge is 2.31. The van der Waals surface area contributed by atoms with Gasteiger partial charge in [0.05, 0.1) is 5.56 Å². The van der Waals surface area contributed by atoms with Crippen LogP contribution in [0, 0.1) is 0 Å². The molecule has 2 saturated heterocycles. The highest BCUT2D eigenvalue weighted by molar-refractivity contribution is 6.45. The molecule has 4 rings (SSSR count). The van der Waals surface area contributed by atoms with E-state index in [4.69, 9.17) is 0 Å². The van der Waals surface area contributed by atoms with Gasteiger partial charge in [0.25, 0.3) is 11.7 Å². The molecule has 1 atom stereocenters. The lowest BCUT2D eigenvalue weighted by Gasteiger charge is -2.32. The molecule has 2 aromatic rings. The summed E-state index contributed by atoms with van der Waals surface area (Å²) in [5.41, 5.74) is 1.22. The summed E-state index contributed by atoms with van der Waals surface area (Å²) in [5, 5.41) is 0.738. The lowest BCUT2D eigenvalue weighted by atomic mass is 10.0. The summed E-state index contributed by atoms with van der Waals surface area (Å²) in [6.07, 6.45) is 7.93. The molecule has 0 aliphatic carbocycles. The van der Waals surface area contributed by atoms with E-state index >= 15 is 0 Å². The zero-order chi connectivity index (χ0) is 20.4. The van der Waals surface area contributed by atoms with Gasteiger partial charge in [0.1, 0.15) is 6.54 Å². The van der Waals surface area contributed by atoms with Gasteiger partial charge >= 0.3 is 0 Å². The fourth-order valence-electron chi connectivity index (χ4n) is 4.59. The van der Waals surface area contributed by atoms with Gasteiger partial charge in [-0.3, -0.25) is 14.4 Å². The molecule has 1 aromatic carbocycles. The van der Waals surface area contributed by atoms with Gasteiger partial charge in [-0.25, -0.2) is 0 Å². The van der Waals surface area contributed by atoms with E-state index in [1.54, 1.807) is 11.1 Å². The molecule has 2 fully saturated rings. The first kappa shape index (κ1) is 19.7. The molecule has 6 heteroatoms. The van der Waals surface area contributed by atoms with Crippen molar-refractivity contribution in [1.29, 1.82) is 0 Å². The summed E-state index contributed by atoms with van der Waals surface area (Å²) in [5.74, 6) is -0.831. The molecule has 29 heavy (non-hydrogen) atoms. The number of carbonyl (C=O) groups excluding carboxylic acids is 3. The lowest BCUT2D eigenvalue weighted by Crippen LogP contribution is -2.45. The van der Waals surface area contributed by atoms with E-state index < -0.39 is 11.7 Å². The smallest absolute Gasteiger partial charge is 0.295 e. The monoisotopic (exact) mass is 395 g/mol. The number of hydrogen-bond acceptors (Lipinski definition) is 3. The van der Waals surface area contributed by atoms with Crippen LogP contribution < -0.4 is 0 Å². The van der Waals surface area contributed by atoms with Crippen LogP contribution in [0.5, 0.6) is 0 Å². The van der Waals surface area contributed by atoms with Crippen LogP contribution in [0.2, 0.25) is 0 Å². The number of likely N-dealkylation sites (tertiary alicyclic amines) is 2. The molecule has 0 saturated carbocycles. The number of Topliss-reactive ketones (excluding diaryl/α,β-unsaturated/α-hetero) is 1. The van der Waals surface area contributed by atoms with Crippen LogP contribution in [0.25, 0.3) is 10.9 Å². The van der Waals surface area contributed by atoms with Crippen molar-refractivity contribution in [3.63, 3.8) is 0 Å². The van der Waals surface area contributed by atoms with Crippen LogP contribution >= 0.6 is 0 Å². The number of nitrogens with zero attached hydrogens (tertiary/aromatic N) is 3. The van der Waals surface area contributed by atoms with Crippen molar-refractivity contribution in [3.05, 3.63) is 36.0 Å². The number of fused-ring (bicyclic) bond motifs is 1. The van der Waals surface area contributed by atoms with Gasteiger partial charge in [0.15, 0.2) is 0 Å². The maximum absolute atomic E-state index is 13.1. The molecule has 3 heterocycles. The third-order valence-electron chi connectivity index (χ3n) is 6.31. The van der Waals surface area contributed by atoms with Crippen LogP contribution in [0.15, 0.2) is 30.5 Å². The number of ketones is 1. The van der Waals surface area contributed by atoms with Crippen LogP contribution in [0.4, 0.5) is 0 Å². The van der Waals surface area contributed by atoms with Gasteiger partial charge in [-0.15, -0.1) is 0 Å². The summed E-state index contributed by atoms with van der Waals surface area (Å²) in [7, 11) is 0. The van der Waals surface area contributed by atoms with E-state index in [1.807, 2.05) is 40.7 Å². The van der Waals surface area contributed by atoms with Gasteiger partial charge in [0.2, 0.25) is 5.91 Å². The molecule has 0 N–H and O–H groups in total. The van der Waals surface area contributed by atoms with E-state index in [0.29, 0.717) is 12.1 Å². The second-order valence-corrected chi connectivity index (χ2v) is 8.30. The van der Waals surface area contributed by atoms with Gasteiger partial charge in [0, 0.05) is 42.8 Å². The number of carbonyl (C=O) groups is 3. The van der Waals surface area contributed by atoms with Gasteiger partial charge in [-0.05, 0) is 51.5 Å². The minimum absolute atomic E-state index is 0.0698. The Balaban J connectivity index is 1.60. The average molecular weight is 396 g/mol. The quantitative estimate of drug-likeness (QED) is 0.590. The van der Waals surface area contributed by atoms with E-state index in [1.165, 1.54) is 6.42 Å². The Morgan fingerprint density at radius 2 is 1.69 bits per heavy atom. The van der Waals surface area contributed by atoms with Crippen LogP contribution in [-0.2, 0) is 16.1 Å². The standard InChI is InChI=1S/C23H29N3O3/c1-17-9-5-8-14-26(17)23(29)22(28)19-15-25(20-11-4-3-10-18(19)20)16-21(27)24-12-6-2-7-13-24/h3-4,10-11,15,17H,2,5-9,12-14,16H2,1H3/t17-/m0/s1. The Kier molecular flexibility index (Phi) is 5.69. The maximum Gasteiger partial charge on any atom is 0.295 e. The fraction of sp³-hybridized carbons (Fsp3) is 0.522. The van der Waals surface area contributed by atoms with Crippen molar-refractivity contribution >= 4 is 28.5 Å². The Morgan fingerprint density at radius 3 is 2.45 bits per heavy atom. The van der Waals surface area contributed by atoms with E-state index in [0.717, 1.165) is 56.1 Å². The van der Waals surface area contributed by atoms with Crippen molar-refractivity contribution in [1.82, 2.24) is 14.4 Å². The number of amides is 2. The first-order valence-electron chi connectivity index (χ1n) is 10.8. The van der Waals surface area contributed by atoms with Crippen molar-refractivity contribution in [2.45, 2.75) is 58.0 Å². The lowest BCUT2D eigenvalue weighted by molar-refractivity contribution is -0.132. The third-order valence-corrected chi connectivity index (χ3v) is 6.31. The normalized spacial score (nSPS) is 20.1. The van der Waals surface area contributed by atoms with E-state index in [9.17, 15) is 14.4 Å². The molecule has 2 amide bonds. The molecule has 2 aliphatic rings. The SMILES string of the molecule is C[C@H]1CCCCN1C(=O)C(=O)c1cn(CC(=O)N2CCCCC2)c2ccccc12. The fourth-order valence-corrected chi connectivity index (χ4v) is 4.59. The number of rotatable bonds is 4. The van der Waals surface area contributed by atoms with Crippen LogP contribution in [-0.4, -0.2) is 57.6 Å². The van der Waals surface area contributed by atoms with Crippen molar-refractivity contribution in [3.8, 4) is 0 Å². The molecule has 6 nitrogen and oxygen atoms in total. The zero-order valence-electron chi connectivity index (χ0n) is 17.1. The molecule has 0 spiro atoms. The van der Waals surface area contributed by atoms with E-state index in [2.05, 4.69) is 0 Å². The van der Waals surface area contributed by atoms with Crippen LogP contribution in [0.1, 0.15) is 55.8 Å². The van der Waals surface area contributed by atoms with Gasteiger partial charge in [-0.1, -0.05) is 18.2 Å². The number of para-hydroxylation sites is 1. The van der Waals surface area contributed by atoms with Crippen LogP contribution in [0.3, 0.4) is 0 Å². The number of aromatic nitrogens is 1. The summed E-state index contributed by atoms with van der Waals surface area (Å²) in [4.78, 5) is 42.4. The molecule has 1 aromatic heterocycles. The third kappa shape index (κ3) is 3.93. The number of piperidine rings is 2. The highest BCUT2D eigenvalue weighted by Crippen LogP contribution is 2.24. The Labute approximate surface area is 171 Å². The van der Waals surface area contributed by atoms with Crippen molar-refractivity contribution < 1.29 is 14.4 Å². The summed E-state index contributed by atoms with van der Waals surface area (Å²) in [6.45, 7) is 4.44. The summed E-state index contributed by atoms with van der Waals surface area (Å²) >= 11 is 0. The molecule has 0 bridgehead atoms. The first-order chi connectivity index (χ1) is 14.1. The van der Waals surface area contributed by atoms with Crippen molar-refractivity contribution in [2.24, 2.45) is 0 Å². The van der Waals surface area contributed by atoms with E-state index in [-0.39, 0.29) is 18.5 Å². The zero-order valence-corrected chi connectivity index (χ0v) is 17.1. The molecule has 0 unspecified atom stereocenters. The average Bonchev–Trinajstić information content (AvgIpc) is 3.12. The predicted octanol–water partition coefficient (Wildman–Crippen LogP) is 3.24. The molecular weight excluding hydrogens is 366 g/mol. The van der Waals surface area contributed by atoms with Crippen molar-refractivity contribution in [2.75, 3.05) is 19.6 Å². The number of hydrogen-bond donors (Lipinski definition) is 0. The first-order valence-corrected chi connectivity index (χ1v) is 10.8. The molecule has 2 aliphatic heterocycles. The van der Waals surface area contributed by atoms with Gasteiger partial charge in [-0.2, -0.15) is 0 Å². The minimum atomic E-state index is -0.473. The molecule has 0 radical (unpaired) electrons. The minimum Gasteiger partial charge on any atom is -0.341 e. The second kappa shape index (κ2) is 8.39.